The lowest BCUT2D eigenvalue weighted by Gasteiger charge is -2.11. The molecule has 2 heterocycles. The zero-order valence-corrected chi connectivity index (χ0v) is 11.7. The maximum absolute atomic E-state index is 7.64. The number of rotatable bonds is 2. The van der Waals surface area contributed by atoms with Crippen molar-refractivity contribution in [1.29, 1.82) is 5.41 Å². The molecule has 17 heavy (non-hydrogen) atoms. The zero-order chi connectivity index (χ0) is 12.6. The fraction of sp³-hybridized carbons (Fsp3) is 0.182. The van der Waals surface area contributed by atoms with Gasteiger partial charge in [0.2, 0.25) is 0 Å². The molecule has 0 aliphatic heterocycles. The average Bonchev–Trinajstić information content (AvgIpc) is 2.62. The molecule has 0 amide bonds. The normalized spacial score (nSPS) is 10.5. The van der Waals surface area contributed by atoms with Gasteiger partial charge in [-0.25, -0.2) is 4.68 Å². The van der Waals surface area contributed by atoms with Gasteiger partial charge in [0.1, 0.15) is 5.84 Å². The summed E-state index contributed by atoms with van der Waals surface area (Å²) in [5, 5.41) is 11.9. The molecule has 88 valence electrons. The second-order valence-electron chi connectivity index (χ2n) is 3.76. The van der Waals surface area contributed by atoms with Crippen LogP contribution >= 0.6 is 22.6 Å². The zero-order valence-electron chi connectivity index (χ0n) is 9.53. The van der Waals surface area contributed by atoms with Crippen LogP contribution in [0.25, 0.3) is 5.69 Å². The maximum Gasteiger partial charge on any atom is 0.126 e. The van der Waals surface area contributed by atoms with Crippen molar-refractivity contribution < 1.29 is 0 Å². The Kier molecular flexibility index (Phi) is 3.14. The molecular formula is C11H12IN5. The van der Waals surface area contributed by atoms with E-state index in [9.17, 15) is 0 Å². The lowest BCUT2D eigenvalue weighted by atomic mass is 10.1. The largest absolute Gasteiger partial charge is 0.384 e. The monoisotopic (exact) mass is 341 g/mol. The van der Waals surface area contributed by atoms with Crippen molar-refractivity contribution in [2.75, 3.05) is 0 Å². The number of pyridine rings is 1. The Bertz CT molecular complexity index is 588. The van der Waals surface area contributed by atoms with Crippen LogP contribution in [0.1, 0.15) is 17.0 Å². The van der Waals surface area contributed by atoms with Gasteiger partial charge in [-0.3, -0.25) is 10.4 Å². The number of aromatic nitrogens is 3. The van der Waals surface area contributed by atoms with Crippen molar-refractivity contribution in [2.24, 2.45) is 5.73 Å². The van der Waals surface area contributed by atoms with Gasteiger partial charge < -0.3 is 5.73 Å². The summed E-state index contributed by atoms with van der Waals surface area (Å²) in [7, 11) is 0. The number of halogens is 1. The first-order chi connectivity index (χ1) is 7.99. The molecule has 0 unspecified atom stereocenters. The van der Waals surface area contributed by atoms with Crippen molar-refractivity contribution in [3.05, 3.63) is 39.0 Å². The fourth-order valence-corrected chi connectivity index (χ4v) is 2.14. The van der Waals surface area contributed by atoms with Crippen molar-refractivity contribution >= 4 is 28.4 Å². The highest BCUT2D eigenvalue weighted by atomic mass is 127. The summed E-state index contributed by atoms with van der Waals surface area (Å²) in [6.45, 7) is 3.76. The first kappa shape index (κ1) is 12.0. The fourth-order valence-electron chi connectivity index (χ4n) is 1.75. The van der Waals surface area contributed by atoms with E-state index in [1.807, 2.05) is 26.1 Å². The minimum atomic E-state index is 0.00973. The molecule has 0 aromatic carbocycles. The number of hydrogen-bond donors (Lipinski definition) is 2. The predicted octanol–water partition coefficient (Wildman–Crippen LogP) is 1.77. The average molecular weight is 341 g/mol. The first-order valence-corrected chi connectivity index (χ1v) is 6.10. The van der Waals surface area contributed by atoms with Crippen LogP contribution in [0.2, 0.25) is 0 Å². The molecule has 0 bridgehead atoms. The topological polar surface area (TPSA) is 80.6 Å². The Balaban J connectivity index is 2.71. The Morgan fingerprint density at radius 2 is 2.18 bits per heavy atom. The Morgan fingerprint density at radius 3 is 2.71 bits per heavy atom. The van der Waals surface area contributed by atoms with Crippen LogP contribution in [0.5, 0.6) is 0 Å². The molecule has 0 saturated carbocycles. The second kappa shape index (κ2) is 4.44. The molecule has 0 radical (unpaired) electrons. The molecule has 2 aromatic rings. The summed E-state index contributed by atoms with van der Waals surface area (Å²) in [5.41, 5.74) is 8.67. The van der Waals surface area contributed by atoms with Gasteiger partial charge in [0.05, 0.1) is 26.7 Å². The van der Waals surface area contributed by atoms with Crippen LogP contribution in [0.3, 0.4) is 0 Å². The lowest BCUT2D eigenvalue weighted by molar-refractivity contribution is 0.867. The number of nitrogen functional groups attached to an aromatic ring is 1. The number of nitrogens with one attached hydrogen (secondary N) is 1. The summed E-state index contributed by atoms with van der Waals surface area (Å²) in [5.74, 6) is 0.00973. The maximum atomic E-state index is 7.64. The SMILES string of the molecule is Cc1cc(-n2cc(I)cn2)c(C(=N)N)c(C)n1. The van der Waals surface area contributed by atoms with Crippen LogP contribution in [-0.2, 0) is 0 Å². The van der Waals surface area contributed by atoms with Gasteiger partial charge in [0.25, 0.3) is 0 Å². The highest BCUT2D eigenvalue weighted by molar-refractivity contribution is 14.1. The van der Waals surface area contributed by atoms with Crippen LogP contribution in [-0.4, -0.2) is 20.6 Å². The molecule has 0 atom stereocenters. The summed E-state index contributed by atoms with van der Waals surface area (Å²) in [6, 6.07) is 1.88. The molecule has 6 heteroatoms. The minimum absolute atomic E-state index is 0.00973. The molecule has 3 N–H and O–H groups in total. The van der Waals surface area contributed by atoms with E-state index < -0.39 is 0 Å². The summed E-state index contributed by atoms with van der Waals surface area (Å²) < 4.78 is 2.75. The third kappa shape index (κ3) is 2.31. The molecule has 0 spiro atoms. The van der Waals surface area contributed by atoms with Crippen molar-refractivity contribution in [3.63, 3.8) is 0 Å². The molecule has 0 fully saturated rings. The summed E-state index contributed by atoms with van der Waals surface area (Å²) in [4.78, 5) is 4.32. The van der Waals surface area contributed by atoms with Crippen LogP contribution < -0.4 is 5.73 Å². The number of aryl methyl sites for hydroxylation is 2. The number of amidine groups is 1. The molecule has 0 aliphatic carbocycles. The Morgan fingerprint density at radius 1 is 1.47 bits per heavy atom. The van der Waals surface area contributed by atoms with Gasteiger partial charge in [0.15, 0.2) is 0 Å². The number of hydrogen-bond acceptors (Lipinski definition) is 3. The molecule has 2 aromatic heterocycles. The van der Waals surface area contributed by atoms with Gasteiger partial charge in [-0.05, 0) is 42.5 Å². The highest BCUT2D eigenvalue weighted by Gasteiger charge is 2.13. The van der Waals surface area contributed by atoms with E-state index in [0.717, 1.165) is 20.6 Å². The standard InChI is InChI=1S/C11H12IN5/c1-6-3-9(17-5-8(12)4-15-17)10(11(13)14)7(2)16-6/h3-5H,1-2H3,(H3,13,14). The van der Waals surface area contributed by atoms with Gasteiger partial charge in [0, 0.05) is 11.9 Å². The van der Waals surface area contributed by atoms with Crippen molar-refractivity contribution in [1.82, 2.24) is 14.8 Å². The number of nitrogens with zero attached hydrogens (tertiary/aromatic N) is 3. The molecule has 0 saturated heterocycles. The third-order valence-electron chi connectivity index (χ3n) is 2.37. The van der Waals surface area contributed by atoms with E-state index in [0.29, 0.717) is 5.56 Å². The highest BCUT2D eigenvalue weighted by Crippen LogP contribution is 2.18. The molecular weight excluding hydrogens is 329 g/mol. The summed E-state index contributed by atoms with van der Waals surface area (Å²) >= 11 is 2.19. The van der Waals surface area contributed by atoms with Crippen LogP contribution in [0, 0.1) is 22.8 Å². The second-order valence-corrected chi connectivity index (χ2v) is 5.01. The van der Waals surface area contributed by atoms with Gasteiger partial charge in [-0.15, -0.1) is 0 Å². The molecule has 5 nitrogen and oxygen atoms in total. The smallest absolute Gasteiger partial charge is 0.126 e. The van der Waals surface area contributed by atoms with E-state index in [1.165, 1.54) is 0 Å². The lowest BCUT2D eigenvalue weighted by Crippen LogP contribution is -2.18. The summed E-state index contributed by atoms with van der Waals surface area (Å²) in [6.07, 6.45) is 3.65. The Hall–Kier alpha value is -1.44. The van der Waals surface area contributed by atoms with Crippen LogP contribution in [0.4, 0.5) is 0 Å². The minimum Gasteiger partial charge on any atom is -0.384 e. The van der Waals surface area contributed by atoms with Gasteiger partial charge in [-0.1, -0.05) is 0 Å². The van der Waals surface area contributed by atoms with E-state index >= 15 is 0 Å². The predicted molar refractivity (Wildman–Crippen MR) is 74.6 cm³/mol. The molecule has 2 rings (SSSR count). The third-order valence-corrected chi connectivity index (χ3v) is 2.93. The molecule has 0 aliphatic rings. The van der Waals surface area contributed by atoms with E-state index in [4.69, 9.17) is 11.1 Å². The van der Waals surface area contributed by atoms with Gasteiger partial charge in [-0.2, -0.15) is 5.10 Å². The van der Waals surface area contributed by atoms with Crippen molar-refractivity contribution in [2.45, 2.75) is 13.8 Å². The number of nitrogens with two attached hydrogens (primary N) is 1. The van der Waals surface area contributed by atoms with Crippen LogP contribution in [0.15, 0.2) is 18.5 Å². The van der Waals surface area contributed by atoms with E-state index in [1.54, 1.807) is 10.9 Å². The first-order valence-electron chi connectivity index (χ1n) is 5.02. The van der Waals surface area contributed by atoms with E-state index in [2.05, 4.69) is 32.7 Å². The quantitative estimate of drug-likeness (QED) is 0.496. The van der Waals surface area contributed by atoms with Crippen molar-refractivity contribution in [3.8, 4) is 5.69 Å². The Labute approximate surface area is 113 Å². The van der Waals surface area contributed by atoms with E-state index in [-0.39, 0.29) is 5.84 Å². The van der Waals surface area contributed by atoms with Gasteiger partial charge >= 0.3 is 0 Å².